The summed E-state index contributed by atoms with van der Waals surface area (Å²) in [5.74, 6) is -1.10. The summed E-state index contributed by atoms with van der Waals surface area (Å²) in [5, 5.41) is 0. The molecule has 1 aliphatic heterocycles. The highest BCUT2D eigenvalue weighted by atomic mass is 16.7. The summed E-state index contributed by atoms with van der Waals surface area (Å²) >= 11 is 0. The van der Waals surface area contributed by atoms with E-state index in [-0.39, 0.29) is 18.7 Å². The zero-order valence-corrected chi connectivity index (χ0v) is 14.7. The number of likely N-dealkylation sites (N-methyl/N-ethyl adjacent to an activating group) is 1. The van der Waals surface area contributed by atoms with Gasteiger partial charge in [0.1, 0.15) is 0 Å². The quantitative estimate of drug-likeness (QED) is 0.583. The van der Waals surface area contributed by atoms with Gasteiger partial charge in [0.2, 0.25) is 6.79 Å². The van der Waals surface area contributed by atoms with E-state index in [0.717, 1.165) is 38.3 Å². The molecule has 1 heterocycles. The first-order valence-corrected chi connectivity index (χ1v) is 8.29. The van der Waals surface area contributed by atoms with Gasteiger partial charge in [-0.1, -0.05) is 26.0 Å². The third-order valence-corrected chi connectivity index (χ3v) is 4.03. The molecule has 0 radical (unpaired) electrons. The van der Waals surface area contributed by atoms with E-state index >= 15 is 0 Å². The lowest BCUT2D eigenvalue weighted by Gasteiger charge is -2.32. The number of piperazine rings is 1. The molecule has 6 heteroatoms. The van der Waals surface area contributed by atoms with Gasteiger partial charge in [0.05, 0.1) is 11.5 Å². The average molecular weight is 334 g/mol. The highest BCUT2D eigenvalue weighted by Gasteiger charge is 2.15. The fourth-order valence-electron chi connectivity index (χ4n) is 2.45. The van der Waals surface area contributed by atoms with E-state index in [0.29, 0.717) is 5.56 Å². The topological polar surface area (TPSA) is 59.1 Å². The highest BCUT2D eigenvalue weighted by Crippen LogP contribution is 2.11. The lowest BCUT2D eigenvalue weighted by molar-refractivity contribution is -0.155. The number of rotatable bonds is 6. The molecule has 1 saturated heterocycles. The molecule has 1 aliphatic rings. The van der Waals surface area contributed by atoms with Crippen LogP contribution in [0, 0.1) is 5.92 Å². The smallest absolute Gasteiger partial charge is 0.341 e. The van der Waals surface area contributed by atoms with Crippen LogP contribution in [0.15, 0.2) is 24.3 Å². The number of hydrogen-bond acceptors (Lipinski definition) is 6. The van der Waals surface area contributed by atoms with Crippen molar-refractivity contribution < 1.29 is 19.1 Å². The molecule has 0 spiro atoms. The highest BCUT2D eigenvalue weighted by molar-refractivity contribution is 5.89. The van der Waals surface area contributed by atoms with Crippen LogP contribution in [0.1, 0.15) is 29.8 Å². The minimum atomic E-state index is -0.480. The van der Waals surface area contributed by atoms with Crippen molar-refractivity contribution in [2.75, 3.05) is 40.0 Å². The van der Waals surface area contributed by atoms with Crippen LogP contribution >= 0.6 is 0 Å². The third kappa shape index (κ3) is 5.62. The molecule has 0 N–H and O–H groups in total. The molecule has 0 aliphatic carbocycles. The summed E-state index contributed by atoms with van der Waals surface area (Å²) < 4.78 is 9.87. The second-order valence-electron chi connectivity index (χ2n) is 6.45. The zero-order chi connectivity index (χ0) is 17.5. The molecule has 6 nitrogen and oxygen atoms in total. The van der Waals surface area contributed by atoms with Crippen molar-refractivity contribution in [3.05, 3.63) is 35.4 Å². The number of ether oxygens (including phenoxy) is 2. The molecule has 0 bridgehead atoms. The molecule has 0 amide bonds. The maximum Gasteiger partial charge on any atom is 0.341 e. The fraction of sp³-hybridized carbons (Fsp3) is 0.556. The minimum absolute atomic E-state index is 0.240. The van der Waals surface area contributed by atoms with Gasteiger partial charge in [0.15, 0.2) is 0 Å². The van der Waals surface area contributed by atoms with Crippen molar-refractivity contribution in [2.24, 2.45) is 5.92 Å². The molecular formula is C18H26N2O4. The Morgan fingerprint density at radius 2 is 1.83 bits per heavy atom. The van der Waals surface area contributed by atoms with Gasteiger partial charge in [0.25, 0.3) is 0 Å². The largest absolute Gasteiger partial charge is 0.428 e. The molecule has 1 aromatic carbocycles. The fourth-order valence-corrected chi connectivity index (χ4v) is 2.45. The van der Waals surface area contributed by atoms with Gasteiger partial charge in [-0.15, -0.1) is 0 Å². The number of carbonyl (C=O) groups excluding carboxylic acids is 2. The van der Waals surface area contributed by atoms with Crippen LogP contribution < -0.4 is 0 Å². The number of hydrogen-bond donors (Lipinski definition) is 0. The SMILES string of the molecule is CC(C)C(=O)OCOC(=O)c1cccc(CN2CCN(C)CC2)c1. The van der Waals surface area contributed by atoms with Gasteiger partial charge >= 0.3 is 11.9 Å². The number of nitrogens with zero attached hydrogens (tertiary/aromatic N) is 2. The van der Waals surface area contributed by atoms with Crippen LogP contribution in [0.5, 0.6) is 0 Å². The summed E-state index contributed by atoms with van der Waals surface area (Å²) in [5.41, 5.74) is 1.55. The van der Waals surface area contributed by atoms with Crippen molar-refractivity contribution in [2.45, 2.75) is 20.4 Å². The molecule has 1 aromatic rings. The van der Waals surface area contributed by atoms with Gasteiger partial charge in [-0.3, -0.25) is 9.69 Å². The Balaban J connectivity index is 1.85. The molecule has 0 unspecified atom stereocenters. The van der Waals surface area contributed by atoms with Crippen LogP contribution in [0.4, 0.5) is 0 Å². The number of esters is 2. The maximum atomic E-state index is 12.0. The van der Waals surface area contributed by atoms with Crippen molar-refractivity contribution in [1.29, 1.82) is 0 Å². The Hall–Kier alpha value is -1.92. The summed E-state index contributed by atoms with van der Waals surface area (Å²) in [6.45, 7) is 8.09. The first-order chi connectivity index (χ1) is 11.5. The minimum Gasteiger partial charge on any atom is -0.428 e. The second kappa shape index (κ2) is 8.80. The molecular weight excluding hydrogens is 308 g/mol. The van der Waals surface area contributed by atoms with E-state index in [1.165, 1.54) is 0 Å². The predicted molar refractivity (Wildman–Crippen MR) is 90.4 cm³/mol. The van der Waals surface area contributed by atoms with Gasteiger partial charge in [-0.25, -0.2) is 4.79 Å². The van der Waals surface area contributed by atoms with Gasteiger partial charge in [0, 0.05) is 32.7 Å². The summed E-state index contributed by atoms with van der Waals surface area (Å²) in [6, 6.07) is 7.40. The molecule has 0 atom stereocenters. The molecule has 0 saturated carbocycles. The van der Waals surface area contributed by atoms with Gasteiger partial charge in [-0.05, 0) is 24.7 Å². The predicted octanol–water partition coefficient (Wildman–Crippen LogP) is 1.75. The Labute approximate surface area is 143 Å². The van der Waals surface area contributed by atoms with Crippen LogP contribution in [-0.2, 0) is 20.8 Å². The van der Waals surface area contributed by atoms with E-state index < -0.39 is 5.97 Å². The summed E-state index contributed by atoms with van der Waals surface area (Å²) in [4.78, 5) is 28.1. The third-order valence-electron chi connectivity index (χ3n) is 4.03. The molecule has 0 aromatic heterocycles. The van der Waals surface area contributed by atoms with Crippen LogP contribution in [0.2, 0.25) is 0 Å². The van der Waals surface area contributed by atoms with E-state index in [1.807, 2.05) is 18.2 Å². The van der Waals surface area contributed by atoms with Crippen LogP contribution in [0.25, 0.3) is 0 Å². The van der Waals surface area contributed by atoms with Gasteiger partial charge in [-0.2, -0.15) is 0 Å². The molecule has 24 heavy (non-hydrogen) atoms. The van der Waals surface area contributed by atoms with Crippen LogP contribution in [-0.4, -0.2) is 61.8 Å². The van der Waals surface area contributed by atoms with E-state index in [9.17, 15) is 9.59 Å². The second-order valence-corrected chi connectivity index (χ2v) is 6.45. The Morgan fingerprint density at radius 3 is 2.50 bits per heavy atom. The first kappa shape index (κ1) is 18.4. The average Bonchev–Trinajstić information content (AvgIpc) is 2.57. The Kier molecular flexibility index (Phi) is 6.75. The lowest BCUT2D eigenvalue weighted by atomic mass is 10.1. The lowest BCUT2D eigenvalue weighted by Crippen LogP contribution is -2.43. The van der Waals surface area contributed by atoms with E-state index in [1.54, 1.807) is 19.9 Å². The van der Waals surface area contributed by atoms with Crippen LogP contribution in [0.3, 0.4) is 0 Å². The Bertz CT molecular complexity index is 566. The number of benzene rings is 1. The van der Waals surface area contributed by atoms with E-state index in [2.05, 4.69) is 16.8 Å². The molecule has 132 valence electrons. The van der Waals surface area contributed by atoms with E-state index in [4.69, 9.17) is 9.47 Å². The molecule has 1 fully saturated rings. The standard InChI is InChI=1S/C18H26N2O4/c1-14(2)17(21)23-13-24-18(22)16-6-4-5-15(11-16)12-20-9-7-19(3)8-10-20/h4-6,11,14H,7-10,12-13H2,1-3H3. The Morgan fingerprint density at radius 1 is 1.12 bits per heavy atom. The zero-order valence-electron chi connectivity index (χ0n) is 14.7. The normalized spacial score (nSPS) is 16.2. The first-order valence-electron chi connectivity index (χ1n) is 8.29. The summed E-state index contributed by atoms with van der Waals surface area (Å²) in [6.07, 6.45) is 0. The summed E-state index contributed by atoms with van der Waals surface area (Å²) in [7, 11) is 2.13. The van der Waals surface area contributed by atoms with Crippen molar-refractivity contribution in [1.82, 2.24) is 9.80 Å². The van der Waals surface area contributed by atoms with Crippen molar-refractivity contribution in [3.8, 4) is 0 Å². The van der Waals surface area contributed by atoms with Crippen molar-refractivity contribution in [3.63, 3.8) is 0 Å². The number of carbonyl (C=O) groups is 2. The van der Waals surface area contributed by atoms with Gasteiger partial charge < -0.3 is 14.4 Å². The van der Waals surface area contributed by atoms with Crippen molar-refractivity contribution >= 4 is 11.9 Å². The maximum absolute atomic E-state index is 12.0. The monoisotopic (exact) mass is 334 g/mol. The molecule has 2 rings (SSSR count).